The summed E-state index contributed by atoms with van der Waals surface area (Å²) in [7, 11) is 1.66. The molecule has 28 heavy (non-hydrogen) atoms. The van der Waals surface area contributed by atoms with Gasteiger partial charge in [0.15, 0.2) is 0 Å². The Morgan fingerprint density at radius 3 is 2.57 bits per heavy atom. The lowest BCUT2D eigenvalue weighted by Crippen LogP contribution is -2.51. The molecule has 2 aliphatic rings. The highest BCUT2D eigenvalue weighted by molar-refractivity contribution is 6.30. The zero-order valence-electron chi connectivity index (χ0n) is 16.7. The summed E-state index contributed by atoms with van der Waals surface area (Å²) in [6, 6.07) is 5.65. The van der Waals surface area contributed by atoms with Gasteiger partial charge in [-0.15, -0.1) is 0 Å². The van der Waals surface area contributed by atoms with Crippen molar-refractivity contribution in [1.29, 1.82) is 0 Å². The molecule has 0 aromatic heterocycles. The number of piperazine rings is 1. The van der Waals surface area contributed by atoms with Crippen molar-refractivity contribution in [3.8, 4) is 5.75 Å². The van der Waals surface area contributed by atoms with E-state index in [1.54, 1.807) is 12.0 Å². The Balaban J connectivity index is 1.50. The first-order valence-corrected chi connectivity index (χ1v) is 10.5. The molecule has 6 nitrogen and oxygen atoms in total. The molecule has 2 heterocycles. The summed E-state index contributed by atoms with van der Waals surface area (Å²) in [4.78, 5) is 30.9. The predicted octanol–water partition coefficient (Wildman–Crippen LogP) is 2.79. The van der Waals surface area contributed by atoms with Gasteiger partial charge in [-0.3, -0.25) is 14.5 Å². The Kier molecular flexibility index (Phi) is 7.57. The topological polar surface area (TPSA) is 53.1 Å². The Hall–Kier alpha value is -1.79. The zero-order chi connectivity index (χ0) is 19.9. The minimum Gasteiger partial charge on any atom is -0.496 e. The van der Waals surface area contributed by atoms with Gasteiger partial charge in [-0.05, 0) is 31.0 Å². The number of halogens is 1. The van der Waals surface area contributed by atoms with E-state index < -0.39 is 0 Å². The van der Waals surface area contributed by atoms with Crippen LogP contribution in [-0.4, -0.2) is 72.9 Å². The van der Waals surface area contributed by atoms with E-state index in [0.717, 1.165) is 56.6 Å². The summed E-state index contributed by atoms with van der Waals surface area (Å²) >= 11 is 6.12. The van der Waals surface area contributed by atoms with Gasteiger partial charge in [-0.2, -0.15) is 0 Å². The van der Waals surface area contributed by atoms with Crippen molar-refractivity contribution in [3.63, 3.8) is 0 Å². The third-order valence-electron chi connectivity index (χ3n) is 5.61. The molecule has 0 N–H and O–H groups in total. The maximum absolute atomic E-state index is 12.7. The number of carbonyl (C=O) groups is 2. The predicted molar refractivity (Wildman–Crippen MR) is 110 cm³/mol. The zero-order valence-corrected chi connectivity index (χ0v) is 17.4. The quantitative estimate of drug-likeness (QED) is 0.753. The average molecular weight is 408 g/mol. The fourth-order valence-corrected chi connectivity index (χ4v) is 4.11. The second-order valence-electron chi connectivity index (χ2n) is 7.59. The highest BCUT2D eigenvalue weighted by Crippen LogP contribution is 2.24. The van der Waals surface area contributed by atoms with Crippen LogP contribution in [0.15, 0.2) is 18.2 Å². The number of likely N-dealkylation sites (tertiary alicyclic amines) is 1. The summed E-state index contributed by atoms with van der Waals surface area (Å²) in [6.07, 6.45) is 4.77. The number of hydrogen-bond acceptors (Lipinski definition) is 4. The first-order chi connectivity index (χ1) is 13.6. The van der Waals surface area contributed by atoms with E-state index in [9.17, 15) is 9.59 Å². The van der Waals surface area contributed by atoms with Crippen molar-refractivity contribution in [3.05, 3.63) is 28.8 Å². The minimum atomic E-state index is 0.0638. The van der Waals surface area contributed by atoms with Gasteiger partial charge in [0.2, 0.25) is 11.8 Å². The lowest BCUT2D eigenvalue weighted by molar-refractivity contribution is -0.142. The Labute approximate surface area is 172 Å². The van der Waals surface area contributed by atoms with Crippen molar-refractivity contribution in [1.82, 2.24) is 14.7 Å². The SMILES string of the molecule is COc1ccc(Cl)cc1CN1CCN(C(=O)CN2CCCCCCC2=O)CC1. The standard InChI is InChI=1S/C21H30ClN3O3/c1-28-19-8-7-18(22)14-17(19)15-23-10-12-24(13-11-23)21(27)16-25-9-5-3-2-4-6-20(25)26/h7-8,14H,2-6,9-13,15-16H2,1H3. The fraction of sp³-hybridized carbons (Fsp3) is 0.619. The molecule has 3 rings (SSSR count). The van der Waals surface area contributed by atoms with Crippen molar-refractivity contribution < 1.29 is 14.3 Å². The van der Waals surface area contributed by atoms with Crippen molar-refractivity contribution in [2.75, 3.05) is 46.4 Å². The normalized spacial score (nSPS) is 19.3. The molecule has 2 amide bonds. The molecule has 2 fully saturated rings. The Morgan fingerprint density at radius 2 is 1.82 bits per heavy atom. The Bertz CT molecular complexity index is 689. The van der Waals surface area contributed by atoms with Gasteiger partial charge in [-0.1, -0.05) is 24.4 Å². The van der Waals surface area contributed by atoms with Crippen LogP contribution in [0.25, 0.3) is 0 Å². The van der Waals surface area contributed by atoms with E-state index in [-0.39, 0.29) is 18.4 Å². The summed E-state index contributed by atoms with van der Waals surface area (Å²) in [5.41, 5.74) is 1.06. The van der Waals surface area contributed by atoms with E-state index in [1.165, 1.54) is 0 Å². The van der Waals surface area contributed by atoms with Crippen molar-refractivity contribution in [2.45, 2.75) is 38.6 Å². The van der Waals surface area contributed by atoms with Gasteiger partial charge in [0.1, 0.15) is 5.75 Å². The number of methoxy groups -OCH3 is 1. The maximum Gasteiger partial charge on any atom is 0.242 e. The molecule has 0 spiro atoms. The van der Waals surface area contributed by atoms with Gasteiger partial charge in [-0.25, -0.2) is 0 Å². The first kappa shape index (κ1) is 20.9. The van der Waals surface area contributed by atoms with Gasteiger partial charge >= 0.3 is 0 Å². The molecule has 1 aromatic carbocycles. The Morgan fingerprint density at radius 1 is 1.07 bits per heavy atom. The van der Waals surface area contributed by atoms with Crippen LogP contribution in [-0.2, 0) is 16.1 Å². The molecular formula is C21H30ClN3O3. The number of ether oxygens (including phenoxy) is 1. The molecule has 0 unspecified atom stereocenters. The summed E-state index contributed by atoms with van der Waals surface area (Å²) in [5, 5.41) is 0.697. The number of hydrogen-bond donors (Lipinski definition) is 0. The van der Waals surface area contributed by atoms with Crippen LogP contribution >= 0.6 is 11.6 Å². The van der Waals surface area contributed by atoms with Gasteiger partial charge in [0, 0.05) is 56.3 Å². The van der Waals surface area contributed by atoms with Crippen molar-refractivity contribution >= 4 is 23.4 Å². The molecule has 0 saturated carbocycles. The van der Waals surface area contributed by atoms with Crippen molar-refractivity contribution in [2.24, 2.45) is 0 Å². The molecule has 1 aromatic rings. The summed E-state index contributed by atoms with van der Waals surface area (Å²) < 4.78 is 5.43. The van der Waals surface area contributed by atoms with Crippen LogP contribution in [0.3, 0.4) is 0 Å². The van der Waals surface area contributed by atoms with Gasteiger partial charge in [0.25, 0.3) is 0 Å². The highest BCUT2D eigenvalue weighted by atomic mass is 35.5. The number of nitrogens with zero attached hydrogens (tertiary/aromatic N) is 3. The average Bonchev–Trinajstić information content (AvgIpc) is 2.68. The maximum atomic E-state index is 12.7. The molecule has 7 heteroatoms. The van der Waals surface area contributed by atoms with Gasteiger partial charge < -0.3 is 14.5 Å². The van der Waals surface area contributed by atoms with Crippen LogP contribution in [0.5, 0.6) is 5.75 Å². The van der Waals surface area contributed by atoms with E-state index in [2.05, 4.69) is 4.90 Å². The van der Waals surface area contributed by atoms with E-state index in [0.29, 0.717) is 31.1 Å². The second kappa shape index (κ2) is 10.1. The molecule has 0 radical (unpaired) electrons. The van der Waals surface area contributed by atoms with Crippen LogP contribution in [0.1, 0.15) is 37.7 Å². The summed E-state index contributed by atoms with van der Waals surface area (Å²) in [5.74, 6) is 1.02. The molecule has 154 valence electrons. The van der Waals surface area contributed by atoms with Crippen LogP contribution in [0, 0.1) is 0 Å². The number of rotatable bonds is 5. The van der Waals surface area contributed by atoms with Crippen LogP contribution < -0.4 is 4.74 Å². The second-order valence-corrected chi connectivity index (χ2v) is 8.03. The lowest BCUT2D eigenvalue weighted by atomic mass is 10.1. The lowest BCUT2D eigenvalue weighted by Gasteiger charge is -2.36. The monoisotopic (exact) mass is 407 g/mol. The van der Waals surface area contributed by atoms with E-state index in [1.807, 2.05) is 23.1 Å². The third-order valence-corrected chi connectivity index (χ3v) is 5.84. The third kappa shape index (κ3) is 5.61. The van der Waals surface area contributed by atoms with Gasteiger partial charge in [0.05, 0.1) is 13.7 Å². The molecule has 0 atom stereocenters. The molecule has 2 saturated heterocycles. The smallest absolute Gasteiger partial charge is 0.242 e. The number of benzene rings is 1. The van der Waals surface area contributed by atoms with E-state index >= 15 is 0 Å². The molecule has 0 aliphatic carbocycles. The fourth-order valence-electron chi connectivity index (χ4n) is 3.91. The van der Waals surface area contributed by atoms with E-state index in [4.69, 9.17) is 16.3 Å². The van der Waals surface area contributed by atoms with Crippen LogP contribution in [0.4, 0.5) is 0 Å². The molecule has 2 aliphatic heterocycles. The molecule has 0 bridgehead atoms. The largest absolute Gasteiger partial charge is 0.496 e. The van der Waals surface area contributed by atoms with Crippen LogP contribution in [0.2, 0.25) is 5.02 Å². The number of amides is 2. The first-order valence-electron chi connectivity index (χ1n) is 10.2. The number of carbonyl (C=O) groups excluding carboxylic acids is 2. The highest BCUT2D eigenvalue weighted by Gasteiger charge is 2.25. The molecular weight excluding hydrogens is 378 g/mol. The minimum absolute atomic E-state index is 0.0638. The summed E-state index contributed by atoms with van der Waals surface area (Å²) in [6.45, 7) is 4.65.